The SMILES string of the molecule is CNCc1nnc(C)n1C. The van der Waals surface area contributed by atoms with Gasteiger partial charge in [-0.15, -0.1) is 10.2 Å². The molecule has 4 heteroatoms. The summed E-state index contributed by atoms with van der Waals surface area (Å²) in [4.78, 5) is 0. The third-order valence-corrected chi connectivity index (χ3v) is 1.52. The Labute approximate surface area is 60.3 Å². The molecular formula is C6H12N4. The first-order chi connectivity index (χ1) is 4.75. The molecular weight excluding hydrogens is 128 g/mol. The molecule has 0 aliphatic carbocycles. The summed E-state index contributed by atoms with van der Waals surface area (Å²) in [5.41, 5.74) is 0. The van der Waals surface area contributed by atoms with Crippen LogP contribution in [0.25, 0.3) is 0 Å². The molecule has 0 fully saturated rings. The van der Waals surface area contributed by atoms with Gasteiger partial charge in [0.25, 0.3) is 0 Å². The Hall–Kier alpha value is -0.900. The van der Waals surface area contributed by atoms with E-state index in [9.17, 15) is 0 Å². The highest BCUT2D eigenvalue weighted by atomic mass is 15.3. The van der Waals surface area contributed by atoms with Crippen molar-refractivity contribution in [1.82, 2.24) is 20.1 Å². The van der Waals surface area contributed by atoms with E-state index in [1.165, 1.54) is 0 Å². The maximum absolute atomic E-state index is 3.96. The summed E-state index contributed by atoms with van der Waals surface area (Å²) in [5.74, 6) is 1.92. The molecule has 10 heavy (non-hydrogen) atoms. The second-order valence-corrected chi connectivity index (χ2v) is 2.25. The van der Waals surface area contributed by atoms with Gasteiger partial charge in [-0.25, -0.2) is 0 Å². The standard InChI is InChI=1S/C6H12N4/c1-5-8-9-6(4-7-2)10(5)3/h7H,4H2,1-3H3. The molecule has 4 nitrogen and oxygen atoms in total. The Balaban J connectivity index is 2.83. The normalized spacial score (nSPS) is 10.3. The molecule has 56 valence electrons. The molecule has 0 spiro atoms. The highest BCUT2D eigenvalue weighted by Crippen LogP contribution is 1.95. The minimum Gasteiger partial charge on any atom is -0.317 e. The number of aromatic nitrogens is 3. The Kier molecular flexibility index (Phi) is 2.01. The van der Waals surface area contributed by atoms with Crippen molar-refractivity contribution < 1.29 is 0 Å². The van der Waals surface area contributed by atoms with E-state index in [4.69, 9.17) is 0 Å². The highest BCUT2D eigenvalue weighted by Gasteiger charge is 2.01. The molecule has 0 radical (unpaired) electrons. The zero-order chi connectivity index (χ0) is 7.56. The molecule has 0 bridgehead atoms. The molecule has 1 aromatic rings. The maximum Gasteiger partial charge on any atom is 0.146 e. The fraction of sp³-hybridized carbons (Fsp3) is 0.667. The van der Waals surface area contributed by atoms with E-state index < -0.39 is 0 Å². The van der Waals surface area contributed by atoms with Crippen molar-refractivity contribution in [3.8, 4) is 0 Å². The summed E-state index contributed by atoms with van der Waals surface area (Å²) in [6.07, 6.45) is 0. The van der Waals surface area contributed by atoms with E-state index in [0.717, 1.165) is 18.2 Å². The summed E-state index contributed by atoms with van der Waals surface area (Å²) in [6.45, 7) is 2.71. The van der Waals surface area contributed by atoms with Gasteiger partial charge in [0, 0.05) is 7.05 Å². The average Bonchev–Trinajstić information content (AvgIpc) is 2.20. The van der Waals surface area contributed by atoms with Gasteiger partial charge in [0.1, 0.15) is 11.6 Å². The van der Waals surface area contributed by atoms with Crippen molar-refractivity contribution in [1.29, 1.82) is 0 Å². The third-order valence-electron chi connectivity index (χ3n) is 1.52. The lowest BCUT2D eigenvalue weighted by atomic mass is 10.5. The van der Waals surface area contributed by atoms with Crippen molar-refractivity contribution in [2.24, 2.45) is 7.05 Å². The average molecular weight is 140 g/mol. The minimum absolute atomic E-state index is 0.775. The minimum atomic E-state index is 0.775. The first-order valence-corrected chi connectivity index (χ1v) is 3.25. The van der Waals surface area contributed by atoms with Crippen LogP contribution in [-0.2, 0) is 13.6 Å². The number of nitrogens with one attached hydrogen (secondary N) is 1. The monoisotopic (exact) mass is 140 g/mol. The fourth-order valence-corrected chi connectivity index (χ4v) is 0.763. The van der Waals surface area contributed by atoms with Gasteiger partial charge in [0.05, 0.1) is 6.54 Å². The quantitative estimate of drug-likeness (QED) is 0.621. The smallest absolute Gasteiger partial charge is 0.146 e. The van der Waals surface area contributed by atoms with Crippen LogP contribution in [0.4, 0.5) is 0 Å². The first kappa shape index (κ1) is 7.21. The van der Waals surface area contributed by atoms with E-state index in [1.54, 1.807) is 0 Å². The topological polar surface area (TPSA) is 42.7 Å². The first-order valence-electron chi connectivity index (χ1n) is 3.25. The number of aryl methyl sites for hydroxylation is 1. The van der Waals surface area contributed by atoms with E-state index in [-0.39, 0.29) is 0 Å². The van der Waals surface area contributed by atoms with Crippen molar-refractivity contribution >= 4 is 0 Å². The van der Waals surface area contributed by atoms with Crippen LogP contribution in [0.15, 0.2) is 0 Å². The molecule has 0 saturated carbocycles. The highest BCUT2D eigenvalue weighted by molar-refractivity contribution is 4.91. The van der Waals surface area contributed by atoms with Crippen molar-refractivity contribution in [3.63, 3.8) is 0 Å². The van der Waals surface area contributed by atoms with Crippen LogP contribution in [0.1, 0.15) is 11.6 Å². The summed E-state index contributed by atoms with van der Waals surface area (Å²) < 4.78 is 1.97. The second kappa shape index (κ2) is 2.79. The Morgan fingerprint density at radius 3 is 2.60 bits per heavy atom. The molecule has 0 aliphatic rings. The Morgan fingerprint density at radius 2 is 2.20 bits per heavy atom. The lowest BCUT2D eigenvalue weighted by molar-refractivity contribution is 0.700. The lowest BCUT2D eigenvalue weighted by Gasteiger charge is -1.98. The van der Waals surface area contributed by atoms with Crippen LogP contribution in [0.2, 0.25) is 0 Å². The molecule has 1 N–H and O–H groups in total. The number of nitrogens with zero attached hydrogens (tertiary/aromatic N) is 3. The molecule has 1 heterocycles. The Bertz CT molecular complexity index is 216. The van der Waals surface area contributed by atoms with Crippen LogP contribution < -0.4 is 5.32 Å². The van der Waals surface area contributed by atoms with Gasteiger partial charge in [-0.3, -0.25) is 0 Å². The molecule has 1 rings (SSSR count). The van der Waals surface area contributed by atoms with E-state index in [2.05, 4.69) is 15.5 Å². The number of hydrogen-bond acceptors (Lipinski definition) is 3. The largest absolute Gasteiger partial charge is 0.317 e. The van der Waals surface area contributed by atoms with Gasteiger partial charge in [0.15, 0.2) is 0 Å². The predicted octanol–water partition coefficient (Wildman–Crippen LogP) is -0.157. The van der Waals surface area contributed by atoms with Crippen molar-refractivity contribution in [2.75, 3.05) is 7.05 Å². The van der Waals surface area contributed by atoms with E-state index in [1.807, 2.05) is 25.6 Å². The van der Waals surface area contributed by atoms with E-state index in [0.29, 0.717) is 0 Å². The number of hydrogen-bond donors (Lipinski definition) is 1. The fourth-order valence-electron chi connectivity index (χ4n) is 0.763. The van der Waals surface area contributed by atoms with Gasteiger partial charge in [0.2, 0.25) is 0 Å². The van der Waals surface area contributed by atoms with Crippen LogP contribution in [0, 0.1) is 6.92 Å². The summed E-state index contributed by atoms with van der Waals surface area (Å²) in [6, 6.07) is 0. The van der Waals surface area contributed by atoms with Crippen LogP contribution in [-0.4, -0.2) is 21.8 Å². The zero-order valence-corrected chi connectivity index (χ0v) is 6.55. The van der Waals surface area contributed by atoms with Crippen LogP contribution >= 0.6 is 0 Å². The van der Waals surface area contributed by atoms with Gasteiger partial charge in [-0.05, 0) is 14.0 Å². The summed E-state index contributed by atoms with van der Waals surface area (Å²) in [7, 11) is 3.85. The molecule has 1 aromatic heterocycles. The van der Waals surface area contributed by atoms with Gasteiger partial charge in [-0.1, -0.05) is 0 Å². The van der Waals surface area contributed by atoms with Gasteiger partial charge in [-0.2, -0.15) is 0 Å². The Morgan fingerprint density at radius 1 is 1.50 bits per heavy atom. The zero-order valence-electron chi connectivity index (χ0n) is 6.55. The lowest BCUT2D eigenvalue weighted by Crippen LogP contribution is -2.10. The van der Waals surface area contributed by atoms with Crippen LogP contribution in [0.3, 0.4) is 0 Å². The van der Waals surface area contributed by atoms with Crippen molar-refractivity contribution in [3.05, 3.63) is 11.6 Å². The molecule has 0 unspecified atom stereocenters. The molecule has 0 aromatic carbocycles. The predicted molar refractivity (Wildman–Crippen MR) is 38.5 cm³/mol. The third kappa shape index (κ3) is 1.16. The maximum atomic E-state index is 3.96. The molecule has 0 saturated heterocycles. The van der Waals surface area contributed by atoms with E-state index >= 15 is 0 Å². The second-order valence-electron chi connectivity index (χ2n) is 2.25. The van der Waals surface area contributed by atoms with Gasteiger partial charge < -0.3 is 9.88 Å². The molecule has 0 amide bonds. The molecule has 0 atom stereocenters. The summed E-state index contributed by atoms with van der Waals surface area (Å²) in [5, 5.41) is 10.9. The van der Waals surface area contributed by atoms with Crippen LogP contribution in [0.5, 0.6) is 0 Å². The van der Waals surface area contributed by atoms with Crippen molar-refractivity contribution in [2.45, 2.75) is 13.5 Å². The van der Waals surface area contributed by atoms with Gasteiger partial charge >= 0.3 is 0 Å². The summed E-state index contributed by atoms with van der Waals surface area (Å²) >= 11 is 0. The molecule has 0 aliphatic heterocycles. The number of rotatable bonds is 2.